The van der Waals surface area contributed by atoms with Crippen molar-refractivity contribution in [1.82, 2.24) is 14.8 Å². The number of anilines is 1. The Morgan fingerprint density at radius 1 is 1.09 bits per heavy atom. The highest BCUT2D eigenvalue weighted by atomic mass is 16.5. The first kappa shape index (κ1) is 15.4. The lowest BCUT2D eigenvalue weighted by Crippen LogP contribution is -2.44. The molecule has 23 heavy (non-hydrogen) atoms. The van der Waals surface area contributed by atoms with E-state index >= 15 is 0 Å². The quantitative estimate of drug-likeness (QED) is 0.896. The number of hydrogen-bond acceptors (Lipinski definition) is 5. The normalized spacial score (nSPS) is 30.8. The van der Waals surface area contributed by atoms with Crippen LogP contribution < -0.4 is 4.90 Å². The highest BCUT2D eigenvalue weighted by Crippen LogP contribution is 2.38. The van der Waals surface area contributed by atoms with E-state index in [0.717, 1.165) is 50.2 Å². The number of aromatic nitrogens is 3. The van der Waals surface area contributed by atoms with Crippen molar-refractivity contribution in [2.45, 2.75) is 70.1 Å². The molecule has 1 saturated carbocycles. The Kier molecular flexibility index (Phi) is 4.53. The zero-order valence-electron chi connectivity index (χ0n) is 13.9. The van der Waals surface area contributed by atoms with Crippen molar-refractivity contribution in [1.29, 1.82) is 0 Å². The maximum absolute atomic E-state index is 9.35. The molecule has 1 aromatic heterocycles. The summed E-state index contributed by atoms with van der Waals surface area (Å²) < 4.78 is 8.06. The number of piperidine rings is 1. The van der Waals surface area contributed by atoms with Gasteiger partial charge in [-0.3, -0.25) is 4.57 Å². The Bertz CT molecular complexity index is 527. The van der Waals surface area contributed by atoms with E-state index in [1.165, 1.54) is 32.1 Å². The Hall–Kier alpha value is -1.14. The first-order valence-corrected chi connectivity index (χ1v) is 9.28. The number of rotatable bonds is 5. The summed E-state index contributed by atoms with van der Waals surface area (Å²) in [6, 6.07) is 0.637. The van der Waals surface area contributed by atoms with Gasteiger partial charge in [0, 0.05) is 25.6 Å². The van der Waals surface area contributed by atoms with E-state index in [4.69, 9.17) is 4.74 Å². The molecule has 6 nitrogen and oxygen atoms in total. The van der Waals surface area contributed by atoms with Crippen LogP contribution in [0, 0.1) is 5.92 Å². The summed E-state index contributed by atoms with van der Waals surface area (Å²) in [6.07, 6.45) is 9.71. The minimum absolute atomic E-state index is 0.121. The molecule has 1 N–H and O–H groups in total. The van der Waals surface area contributed by atoms with Crippen molar-refractivity contribution < 1.29 is 9.84 Å². The smallest absolute Gasteiger partial charge is 0.227 e. The lowest BCUT2D eigenvalue weighted by atomic mass is 9.92. The summed E-state index contributed by atoms with van der Waals surface area (Å²) >= 11 is 0. The molecule has 6 heteroatoms. The summed E-state index contributed by atoms with van der Waals surface area (Å²) in [6.45, 7) is 2.90. The minimum atomic E-state index is 0.121. The van der Waals surface area contributed by atoms with E-state index < -0.39 is 0 Å². The topological polar surface area (TPSA) is 63.4 Å². The summed E-state index contributed by atoms with van der Waals surface area (Å²) in [7, 11) is 0. The summed E-state index contributed by atoms with van der Waals surface area (Å²) in [5, 5.41) is 18.3. The third-order valence-corrected chi connectivity index (χ3v) is 5.80. The minimum Gasteiger partial charge on any atom is -0.396 e. The first-order chi connectivity index (χ1) is 11.4. The molecule has 3 fully saturated rings. The molecule has 0 spiro atoms. The maximum atomic E-state index is 9.35. The van der Waals surface area contributed by atoms with Crippen molar-refractivity contribution in [3.63, 3.8) is 0 Å². The molecule has 0 aromatic carbocycles. The number of hydrogen-bond donors (Lipinski definition) is 1. The SMILES string of the molecule is OCCc1nnc(N2CCCC3CCCC32)n1CC1CCCO1. The van der Waals surface area contributed by atoms with Crippen LogP contribution in [0.25, 0.3) is 0 Å². The molecule has 1 aliphatic carbocycles. The van der Waals surface area contributed by atoms with E-state index in [0.29, 0.717) is 12.5 Å². The Labute approximate surface area is 137 Å². The van der Waals surface area contributed by atoms with Crippen molar-refractivity contribution in [2.75, 3.05) is 24.7 Å². The molecule has 0 amide bonds. The van der Waals surface area contributed by atoms with Gasteiger partial charge in [-0.15, -0.1) is 10.2 Å². The van der Waals surface area contributed by atoms with Crippen LogP contribution in [-0.4, -0.2) is 51.8 Å². The molecular formula is C17H28N4O2. The standard InChI is InChI=1S/C17H28N4O2/c22-10-8-16-18-19-17(21(16)12-14-6-3-11-23-14)20-9-2-5-13-4-1-7-15(13)20/h13-15,22H,1-12H2. The fraction of sp³-hybridized carbons (Fsp3) is 0.882. The Morgan fingerprint density at radius 3 is 2.83 bits per heavy atom. The first-order valence-electron chi connectivity index (χ1n) is 9.28. The molecule has 3 aliphatic rings. The molecular weight excluding hydrogens is 292 g/mol. The van der Waals surface area contributed by atoms with Crippen molar-refractivity contribution in [3.8, 4) is 0 Å². The molecule has 3 atom stereocenters. The molecule has 128 valence electrons. The van der Waals surface area contributed by atoms with Gasteiger partial charge >= 0.3 is 0 Å². The van der Waals surface area contributed by atoms with Crippen LogP contribution in [0.5, 0.6) is 0 Å². The Morgan fingerprint density at radius 2 is 2.00 bits per heavy atom. The van der Waals surface area contributed by atoms with Gasteiger partial charge in [-0.25, -0.2) is 0 Å². The van der Waals surface area contributed by atoms with Gasteiger partial charge in [-0.1, -0.05) is 6.42 Å². The van der Waals surface area contributed by atoms with Crippen LogP contribution >= 0.6 is 0 Å². The lowest BCUT2D eigenvalue weighted by molar-refractivity contribution is 0.0960. The third kappa shape index (κ3) is 2.98. The number of aliphatic hydroxyl groups excluding tert-OH is 1. The number of ether oxygens (including phenoxy) is 1. The van der Waals surface area contributed by atoms with E-state index in [1.807, 2.05) is 0 Å². The van der Waals surface area contributed by atoms with Gasteiger partial charge in [0.1, 0.15) is 5.82 Å². The maximum Gasteiger partial charge on any atom is 0.227 e. The highest BCUT2D eigenvalue weighted by Gasteiger charge is 2.37. The second kappa shape index (κ2) is 6.77. The highest BCUT2D eigenvalue weighted by molar-refractivity contribution is 5.35. The molecule has 0 radical (unpaired) electrons. The van der Waals surface area contributed by atoms with Gasteiger partial charge in [-0.05, 0) is 44.4 Å². The zero-order chi connectivity index (χ0) is 15.6. The van der Waals surface area contributed by atoms with E-state index in [1.54, 1.807) is 0 Å². The molecule has 0 bridgehead atoms. The second-order valence-corrected chi connectivity index (χ2v) is 7.23. The summed E-state index contributed by atoms with van der Waals surface area (Å²) in [4.78, 5) is 2.50. The van der Waals surface area contributed by atoms with Gasteiger partial charge in [0.05, 0.1) is 19.3 Å². The van der Waals surface area contributed by atoms with E-state index in [9.17, 15) is 5.11 Å². The van der Waals surface area contributed by atoms with Crippen LogP contribution in [0.4, 0.5) is 5.95 Å². The van der Waals surface area contributed by atoms with Gasteiger partial charge in [0.25, 0.3) is 0 Å². The molecule has 3 unspecified atom stereocenters. The van der Waals surface area contributed by atoms with E-state index in [-0.39, 0.29) is 12.7 Å². The van der Waals surface area contributed by atoms with Crippen molar-refractivity contribution in [3.05, 3.63) is 5.82 Å². The van der Waals surface area contributed by atoms with Crippen LogP contribution in [-0.2, 0) is 17.7 Å². The summed E-state index contributed by atoms with van der Waals surface area (Å²) in [5.74, 6) is 2.75. The predicted molar refractivity (Wildman–Crippen MR) is 87.5 cm³/mol. The van der Waals surface area contributed by atoms with Gasteiger partial charge in [0.2, 0.25) is 5.95 Å². The van der Waals surface area contributed by atoms with Gasteiger partial charge in [0.15, 0.2) is 0 Å². The monoisotopic (exact) mass is 320 g/mol. The molecule has 2 saturated heterocycles. The van der Waals surface area contributed by atoms with Crippen molar-refractivity contribution >= 4 is 5.95 Å². The molecule has 3 heterocycles. The second-order valence-electron chi connectivity index (χ2n) is 7.23. The predicted octanol–water partition coefficient (Wildman–Crippen LogP) is 1.76. The lowest BCUT2D eigenvalue weighted by Gasteiger charge is -2.38. The summed E-state index contributed by atoms with van der Waals surface area (Å²) in [5.41, 5.74) is 0. The number of aliphatic hydroxyl groups is 1. The van der Waals surface area contributed by atoms with Crippen LogP contribution in [0.15, 0.2) is 0 Å². The van der Waals surface area contributed by atoms with Crippen LogP contribution in [0.2, 0.25) is 0 Å². The Balaban J connectivity index is 1.61. The average Bonchev–Trinajstić information content (AvgIpc) is 3.29. The molecule has 1 aromatic rings. The fourth-order valence-electron chi connectivity index (χ4n) is 4.70. The zero-order valence-corrected chi connectivity index (χ0v) is 13.9. The van der Waals surface area contributed by atoms with Crippen LogP contribution in [0.1, 0.15) is 50.8 Å². The van der Waals surface area contributed by atoms with Crippen LogP contribution in [0.3, 0.4) is 0 Å². The average molecular weight is 320 g/mol. The van der Waals surface area contributed by atoms with Gasteiger partial charge < -0.3 is 14.7 Å². The van der Waals surface area contributed by atoms with E-state index in [2.05, 4.69) is 19.7 Å². The van der Waals surface area contributed by atoms with Crippen molar-refractivity contribution in [2.24, 2.45) is 5.92 Å². The largest absolute Gasteiger partial charge is 0.396 e. The number of nitrogens with zero attached hydrogens (tertiary/aromatic N) is 4. The number of fused-ring (bicyclic) bond motifs is 1. The molecule has 2 aliphatic heterocycles. The molecule has 4 rings (SSSR count). The van der Waals surface area contributed by atoms with Gasteiger partial charge in [-0.2, -0.15) is 0 Å². The fourth-order valence-corrected chi connectivity index (χ4v) is 4.70. The third-order valence-electron chi connectivity index (χ3n) is 5.80.